The van der Waals surface area contributed by atoms with E-state index in [4.69, 9.17) is 11.6 Å². The van der Waals surface area contributed by atoms with Crippen molar-refractivity contribution in [1.82, 2.24) is 14.9 Å². The third-order valence-corrected chi connectivity index (χ3v) is 6.45. The van der Waals surface area contributed by atoms with Crippen LogP contribution in [0, 0.1) is 11.7 Å². The molecule has 1 aliphatic rings. The molecule has 0 aromatic heterocycles. The molecule has 0 atom stereocenters. The van der Waals surface area contributed by atoms with Gasteiger partial charge < -0.3 is 10.6 Å². The summed E-state index contributed by atoms with van der Waals surface area (Å²) in [5, 5.41) is 3.54. The Labute approximate surface area is 169 Å². The molecule has 0 bridgehead atoms. The number of hydrogen-bond donors (Lipinski definition) is 2. The minimum Gasteiger partial charge on any atom is -0.347 e. The number of rotatable bonds is 6. The van der Waals surface area contributed by atoms with Crippen LogP contribution in [0.4, 0.5) is 17.6 Å². The van der Waals surface area contributed by atoms with Crippen molar-refractivity contribution in [2.24, 2.45) is 5.92 Å². The second kappa shape index (κ2) is 9.26. The van der Waals surface area contributed by atoms with Gasteiger partial charge in [0.05, 0.1) is 16.5 Å². The minimum atomic E-state index is -4.55. The molecule has 0 aliphatic carbocycles. The molecule has 0 radical (unpaired) electrons. The van der Waals surface area contributed by atoms with Gasteiger partial charge in [0.25, 0.3) is 0 Å². The molecule has 2 amide bonds. The largest absolute Gasteiger partial charge is 0.405 e. The Kier molecular flexibility index (Phi) is 7.46. The van der Waals surface area contributed by atoms with E-state index in [9.17, 15) is 35.6 Å². The Morgan fingerprint density at radius 2 is 1.79 bits per heavy atom. The van der Waals surface area contributed by atoms with Gasteiger partial charge in [-0.15, -0.1) is 0 Å². The molecule has 13 heteroatoms. The third kappa shape index (κ3) is 6.54. The zero-order valence-electron chi connectivity index (χ0n) is 14.9. The number of carbonyl (C=O) groups is 2. The summed E-state index contributed by atoms with van der Waals surface area (Å²) >= 11 is 5.63. The molecule has 1 heterocycles. The van der Waals surface area contributed by atoms with Gasteiger partial charge in [0.1, 0.15) is 12.4 Å². The maximum Gasteiger partial charge on any atom is 0.405 e. The Hall–Kier alpha value is -1.92. The fraction of sp³-hybridized carbons (Fsp3) is 0.500. The van der Waals surface area contributed by atoms with Crippen LogP contribution in [0.1, 0.15) is 12.8 Å². The molecule has 29 heavy (non-hydrogen) atoms. The van der Waals surface area contributed by atoms with E-state index in [2.05, 4.69) is 5.32 Å². The fourth-order valence-corrected chi connectivity index (χ4v) is 4.46. The fourth-order valence-electron chi connectivity index (χ4n) is 2.72. The smallest absolute Gasteiger partial charge is 0.347 e. The van der Waals surface area contributed by atoms with Crippen molar-refractivity contribution >= 4 is 33.4 Å². The normalized spacial score (nSPS) is 16.4. The minimum absolute atomic E-state index is 0.00961. The summed E-state index contributed by atoms with van der Waals surface area (Å²) in [6.07, 6.45) is -4.24. The number of halogens is 5. The molecule has 0 spiro atoms. The molecule has 1 saturated heterocycles. The van der Waals surface area contributed by atoms with Gasteiger partial charge in [-0.25, -0.2) is 12.8 Å². The number of nitrogens with zero attached hydrogens (tertiary/aromatic N) is 1. The summed E-state index contributed by atoms with van der Waals surface area (Å²) in [5.41, 5.74) is 0. The second-order valence-electron chi connectivity index (χ2n) is 6.36. The molecule has 0 saturated carbocycles. The van der Waals surface area contributed by atoms with E-state index in [1.54, 1.807) is 5.32 Å². The number of amides is 2. The Morgan fingerprint density at radius 1 is 1.17 bits per heavy atom. The van der Waals surface area contributed by atoms with Gasteiger partial charge in [-0.3, -0.25) is 9.59 Å². The average molecular weight is 460 g/mol. The van der Waals surface area contributed by atoms with Crippen molar-refractivity contribution in [3.05, 3.63) is 29.0 Å². The van der Waals surface area contributed by atoms with Crippen LogP contribution in [0.25, 0.3) is 0 Å². The zero-order chi connectivity index (χ0) is 21.8. The van der Waals surface area contributed by atoms with Crippen LogP contribution in [0.2, 0.25) is 5.02 Å². The Balaban J connectivity index is 1.85. The van der Waals surface area contributed by atoms with Gasteiger partial charge in [-0.2, -0.15) is 17.5 Å². The lowest BCUT2D eigenvalue weighted by molar-refractivity contribution is -0.138. The lowest BCUT2D eigenvalue weighted by Gasteiger charge is -2.30. The first-order valence-electron chi connectivity index (χ1n) is 8.46. The Morgan fingerprint density at radius 3 is 2.34 bits per heavy atom. The molecule has 2 rings (SSSR count). The Bertz CT molecular complexity index is 871. The first-order chi connectivity index (χ1) is 13.4. The molecule has 2 N–H and O–H groups in total. The van der Waals surface area contributed by atoms with Crippen LogP contribution < -0.4 is 10.6 Å². The van der Waals surface area contributed by atoms with Gasteiger partial charge >= 0.3 is 6.18 Å². The summed E-state index contributed by atoms with van der Waals surface area (Å²) in [5.74, 6) is -2.87. The van der Waals surface area contributed by atoms with Crippen LogP contribution in [0.3, 0.4) is 0 Å². The first kappa shape index (κ1) is 23.4. The number of nitrogens with one attached hydrogen (secondary N) is 2. The molecule has 162 valence electrons. The number of hydrogen-bond acceptors (Lipinski definition) is 4. The number of piperidine rings is 1. The maximum absolute atomic E-state index is 13.2. The van der Waals surface area contributed by atoms with Crippen LogP contribution in [-0.2, 0) is 19.6 Å². The summed E-state index contributed by atoms with van der Waals surface area (Å²) in [7, 11) is -3.92. The van der Waals surface area contributed by atoms with Crippen molar-refractivity contribution in [3.63, 3.8) is 0 Å². The van der Waals surface area contributed by atoms with Crippen LogP contribution in [-0.4, -0.2) is 56.9 Å². The van der Waals surface area contributed by atoms with E-state index in [1.807, 2.05) is 0 Å². The monoisotopic (exact) mass is 459 g/mol. The highest BCUT2D eigenvalue weighted by molar-refractivity contribution is 7.89. The first-order valence-corrected chi connectivity index (χ1v) is 10.3. The van der Waals surface area contributed by atoms with Crippen LogP contribution in [0.5, 0.6) is 0 Å². The van der Waals surface area contributed by atoms with Crippen LogP contribution >= 0.6 is 11.6 Å². The van der Waals surface area contributed by atoms with Gasteiger partial charge in [0.15, 0.2) is 0 Å². The lowest BCUT2D eigenvalue weighted by atomic mass is 9.97. The predicted octanol–water partition coefficient (Wildman–Crippen LogP) is 1.67. The number of alkyl halides is 3. The SMILES string of the molecule is O=C(CNC(=O)C1CCN(S(=O)(=O)c2ccc(F)c(Cl)c2)CC1)NCC(F)(F)F. The molecule has 1 aromatic rings. The topological polar surface area (TPSA) is 95.6 Å². The molecule has 7 nitrogen and oxygen atoms in total. The number of benzene rings is 1. The summed E-state index contributed by atoms with van der Waals surface area (Å²) in [4.78, 5) is 23.2. The molecule has 1 fully saturated rings. The highest BCUT2D eigenvalue weighted by Gasteiger charge is 2.33. The zero-order valence-corrected chi connectivity index (χ0v) is 16.5. The molecular weight excluding hydrogens is 442 g/mol. The van der Waals surface area contributed by atoms with Crippen molar-refractivity contribution in [1.29, 1.82) is 0 Å². The van der Waals surface area contributed by atoms with Crippen LogP contribution in [0.15, 0.2) is 23.1 Å². The maximum atomic E-state index is 13.2. The van der Waals surface area contributed by atoms with Gasteiger partial charge in [0.2, 0.25) is 21.8 Å². The van der Waals surface area contributed by atoms with Crippen molar-refractivity contribution < 1.29 is 35.6 Å². The number of carbonyl (C=O) groups excluding carboxylic acids is 2. The van der Waals surface area contributed by atoms with Crippen molar-refractivity contribution in [2.75, 3.05) is 26.2 Å². The van der Waals surface area contributed by atoms with E-state index < -0.39 is 52.8 Å². The van der Waals surface area contributed by atoms with Gasteiger partial charge in [0, 0.05) is 19.0 Å². The van der Waals surface area contributed by atoms with E-state index in [0.29, 0.717) is 0 Å². The highest BCUT2D eigenvalue weighted by atomic mass is 35.5. The highest BCUT2D eigenvalue weighted by Crippen LogP contribution is 2.26. The standard InChI is InChI=1S/C16H18ClF4N3O4S/c17-12-7-11(1-2-13(12)18)29(27,28)24-5-3-10(4-6-24)15(26)22-8-14(25)23-9-16(19,20)21/h1-2,7,10H,3-6,8-9H2,(H,22,26)(H,23,25). The second-order valence-corrected chi connectivity index (χ2v) is 8.71. The summed E-state index contributed by atoms with van der Waals surface area (Å²) in [6.45, 7) is -2.09. The van der Waals surface area contributed by atoms with Gasteiger partial charge in [-0.1, -0.05) is 11.6 Å². The van der Waals surface area contributed by atoms with E-state index >= 15 is 0 Å². The molecule has 0 unspecified atom stereocenters. The van der Waals surface area contributed by atoms with E-state index in [1.165, 1.54) is 0 Å². The molecular formula is C16H18ClF4N3O4S. The van der Waals surface area contributed by atoms with Crippen molar-refractivity contribution in [2.45, 2.75) is 23.9 Å². The van der Waals surface area contributed by atoms with Gasteiger partial charge in [-0.05, 0) is 31.0 Å². The third-order valence-electron chi connectivity index (χ3n) is 4.26. The number of sulfonamides is 1. The average Bonchev–Trinajstić information content (AvgIpc) is 2.66. The summed E-state index contributed by atoms with van der Waals surface area (Å²) < 4.78 is 75.6. The lowest BCUT2D eigenvalue weighted by Crippen LogP contribution is -2.45. The molecule has 1 aliphatic heterocycles. The van der Waals surface area contributed by atoms with E-state index in [0.717, 1.165) is 22.5 Å². The van der Waals surface area contributed by atoms with E-state index in [-0.39, 0.29) is 35.8 Å². The van der Waals surface area contributed by atoms with Crippen molar-refractivity contribution in [3.8, 4) is 0 Å². The summed E-state index contributed by atoms with van der Waals surface area (Å²) in [6, 6.07) is 3.04. The molecule has 1 aromatic carbocycles. The quantitative estimate of drug-likeness (QED) is 0.633. The predicted molar refractivity (Wildman–Crippen MR) is 95.0 cm³/mol.